The summed E-state index contributed by atoms with van der Waals surface area (Å²) in [5.41, 5.74) is 9.78. The molecule has 8 unspecified atom stereocenters. The van der Waals surface area contributed by atoms with Crippen LogP contribution in [0.15, 0.2) is 91.0 Å². The van der Waals surface area contributed by atoms with Gasteiger partial charge in [-0.3, -0.25) is 0 Å². The van der Waals surface area contributed by atoms with Crippen molar-refractivity contribution in [2.24, 2.45) is 59.2 Å². The fraction of sp³-hybridized carbons (Fsp3) is 0.510. The second-order valence-electron chi connectivity index (χ2n) is 17.8. The number of rotatable bonds is 4. The lowest BCUT2D eigenvalue weighted by atomic mass is 9.37. The number of aromatic hydroxyl groups is 1. The van der Waals surface area contributed by atoms with Crippen LogP contribution in [0.1, 0.15) is 101 Å². The Bertz CT molecular complexity index is 1810. The van der Waals surface area contributed by atoms with Crippen LogP contribution in [-0.4, -0.2) is 5.11 Å². The van der Waals surface area contributed by atoms with Gasteiger partial charge in [0, 0.05) is 5.56 Å². The van der Waals surface area contributed by atoms with Gasteiger partial charge < -0.3 is 5.11 Å². The van der Waals surface area contributed by atoms with Crippen LogP contribution < -0.4 is 0 Å². The predicted molar refractivity (Wildman–Crippen MR) is 207 cm³/mol. The molecule has 4 aromatic carbocycles. The molecule has 0 aromatic heterocycles. The number of benzene rings is 4. The zero-order valence-corrected chi connectivity index (χ0v) is 30.2. The Labute approximate surface area is 300 Å². The van der Waals surface area contributed by atoms with Gasteiger partial charge in [0.15, 0.2) is 0 Å². The molecule has 0 spiro atoms. The summed E-state index contributed by atoms with van der Waals surface area (Å²) in [5.74, 6) is 11.2. The average molecular weight is 661 g/mol. The van der Waals surface area contributed by atoms with Crippen LogP contribution >= 0.6 is 0 Å². The molecule has 50 heavy (non-hydrogen) atoms. The van der Waals surface area contributed by atoms with Gasteiger partial charge in [-0.25, -0.2) is 0 Å². The lowest BCUT2D eigenvalue weighted by molar-refractivity contribution is -0.189. The molecule has 0 saturated heterocycles. The Balaban J connectivity index is 1.00. The minimum atomic E-state index is 0.356. The maximum absolute atomic E-state index is 11.2. The third-order valence-corrected chi connectivity index (χ3v) is 16.0. The fourth-order valence-electron chi connectivity index (χ4n) is 14.3. The molecule has 0 aliphatic heterocycles. The van der Waals surface area contributed by atoms with Crippen LogP contribution in [-0.2, 0) is 0 Å². The summed E-state index contributed by atoms with van der Waals surface area (Å²) in [7, 11) is 0. The van der Waals surface area contributed by atoms with Crippen LogP contribution in [0.25, 0.3) is 33.4 Å². The lowest BCUT2D eigenvalue weighted by Crippen LogP contribution is -2.61. The summed E-state index contributed by atoms with van der Waals surface area (Å²) < 4.78 is 0. The first kappa shape index (κ1) is 31.4. The summed E-state index contributed by atoms with van der Waals surface area (Å²) in [6, 6.07) is 33.1. The van der Waals surface area contributed by atoms with Gasteiger partial charge in [0.25, 0.3) is 0 Å². The summed E-state index contributed by atoms with van der Waals surface area (Å²) in [5, 5.41) is 11.2. The number of hydrogen-bond donors (Lipinski definition) is 1. The minimum Gasteiger partial charge on any atom is -0.507 e. The topological polar surface area (TPSA) is 20.2 Å². The van der Waals surface area contributed by atoms with Crippen LogP contribution in [0.2, 0.25) is 0 Å². The first-order valence-electron chi connectivity index (χ1n) is 20.7. The molecule has 0 heterocycles. The summed E-state index contributed by atoms with van der Waals surface area (Å²) >= 11 is 0. The van der Waals surface area contributed by atoms with Crippen molar-refractivity contribution >= 4 is 0 Å². The Kier molecular flexibility index (Phi) is 7.99. The number of fused-ring (bicyclic) bond motifs is 6. The first-order valence-corrected chi connectivity index (χ1v) is 20.7. The maximum Gasteiger partial charge on any atom is 0.123 e. The van der Waals surface area contributed by atoms with Crippen molar-refractivity contribution < 1.29 is 5.11 Å². The van der Waals surface area contributed by atoms with E-state index in [1.54, 1.807) is 18.4 Å². The number of phenolic OH excluding ortho intramolecular Hbond substituents is 1. The summed E-state index contributed by atoms with van der Waals surface area (Å²) in [6.45, 7) is 2.20. The van der Waals surface area contributed by atoms with E-state index in [1.807, 2.05) is 6.07 Å². The molecule has 4 aromatic rings. The third kappa shape index (κ3) is 5.07. The van der Waals surface area contributed by atoms with E-state index in [4.69, 9.17) is 0 Å². The van der Waals surface area contributed by atoms with Crippen molar-refractivity contribution in [3.8, 4) is 39.1 Å². The smallest absolute Gasteiger partial charge is 0.123 e. The zero-order chi connectivity index (χ0) is 33.3. The van der Waals surface area contributed by atoms with Crippen molar-refractivity contribution in [3.05, 3.63) is 102 Å². The highest BCUT2D eigenvalue weighted by atomic mass is 16.3. The highest BCUT2D eigenvalue weighted by Crippen LogP contribution is 2.70. The molecule has 1 N–H and O–H groups in total. The molecule has 10 rings (SSSR count). The molecule has 258 valence electrons. The molecule has 0 bridgehead atoms. The van der Waals surface area contributed by atoms with E-state index >= 15 is 0 Å². The zero-order valence-electron chi connectivity index (χ0n) is 30.2. The second-order valence-corrected chi connectivity index (χ2v) is 17.8. The highest BCUT2D eigenvalue weighted by molar-refractivity contribution is 5.83. The monoisotopic (exact) mass is 660 g/mol. The Morgan fingerprint density at radius 3 is 1.66 bits per heavy atom. The molecular weight excluding hydrogens is 605 g/mol. The van der Waals surface area contributed by atoms with Gasteiger partial charge in [0.2, 0.25) is 0 Å². The molecule has 6 aliphatic carbocycles. The Morgan fingerprint density at radius 1 is 0.440 bits per heavy atom. The molecule has 6 fully saturated rings. The highest BCUT2D eigenvalue weighted by Gasteiger charge is 2.63. The molecule has 0 radical (unpaired) electrons. The van der Waals surface area contributed by atoms with Crippen LogP contribution in [0.5, 0.6) is 5.75 Å². The summed E-state index contributed by atoms with van der Waals surface area (Å²) in [6.07, 6.45) is 19.6. The Morgan fingerprint density at radius 2 is 0.980 bits per heavy atom. The van der Waals surface area contributed by atoms with Gasteiger partial charge in [-0.1, -0.05) is 111 Å². The molecule has 8 atom stereocenters. The normalized spacial score (nSPS) is 35.7. The van der Waals surface area contributed by atoms with Gasteiger partial charge in [-0.05, 0) is 174 Å². The minimum absolute atomic E-state index is 0.356. The number of phenols is 1. The largest absolute Gasteiger partial charge is 0.507 e. The standard InChI is InChI=1S/C49H56O/c1-30-36(31-12-3-2-4-13-31)20-10-21-37(30)44-27-34(24-25-47(44)50)32-14-9-15-33(26-32)35-28-45-40-18-7-5-16-38(40)42-22-11-23-43-39-17-6-8-19-41(39)46(29-35)49(45)48(42)43/h2-4,9-10,12-15,20-21,24-27,35,38-43,45-46,48-50H,5-8,11,16-19,22-23,28-29H2,1H3. The van der Waals surface area contributed by atoms with E-state index in [2.05, 4.69) is 91.9 Å². The SMILES string of the molecule is Cc1c(-c2ccccc2)cccc1-c1cc(-c2cccc(C3CC4C5CCCCC5C5CCCC6C7CCCCC7C(C3)C4C56)c2)ccc1O. The van der Waals surface area contributed by atoms with Gasteiger partial charge >= 0.3 is 0 Å². The van der Waals surface area contributed by atoms with Crippen molar-refractivity contribution in [2.75, 3.05) is 0 Å². The second kappa shape index (κ2) is 12.7. The lowest BCUT2D eigenvalue weighted by Gasteiger charge is -2.68. The van der Waals surface area contributed by atoms with Gasteiger partial charge in [-0.15, -0.1) is 0 Å². The molecule has 0 amide bonds. The third-order valence-electron chi connectivity index (χ3n) is 16.0. The fourth-order valence-corrected chi connectivity index (χ4v) is 14.3. The summed E-state index contributed by atoms with van der Waals surface area (Å²) in [4.78, 5) is 0. The van der Waals surface area contributed by atoms with E-state index < -0.39 is 0 Å². The average Bonchev–Trinajstić information content (AvgIpc) is 3.18. The molecule has 1 heteroatoms. The predicted octanol–water partition coefficient (Wildman–Crippen LogP) is 13.1. The van der Waals surface area contributed by atoms with Crippen molar-refractivity contribution in [3.63, 3.8) is 0 Å². The van der Waals surface area contributed by atoms with E-state index in [1.165, 1.54) is 98.4 Å². The molecule has 6 saturated carbocycles. The van der Waals surface area contributed by atoms with E-state index in [0.29, 0.717) is 11.7 Å². The molecule has 6 aliphatic rings. The van der Waals surface area contributed by atoms with Crippen molar-refractivity contribution in [2.45, 2.75) is 96.3 Å². The van der Waals surface area contributed by atoms with Crippen molar-refractivity contribution in [1.82, 2.24) is 0 Å². The molecule has 1 nitrogen and oxygen atoms in total. The van der Waals surface area contributed by atoms with E-state index in [9.17, 15) is 5.11 Å². The van der Waals surface area contributed by atoms with Crippen molar-refractivity contribution in [1.29, 1.82) is 0 Å². The Hall–Kier alpha value is -3.32. The van der Waals surface area contributed by atoms with Gasteiger partial charge in [0.05, 0.1) is 0 Å². The molecular formula is C49H56O. The van der Waals surface area contributed by atoms with Gasteiger partial charge in [-0.2, -0.15) is 0 Å². The van der Waals surface area contributed by atoms with Crippen LogP contribution in [0.4, 0.5) is 0 Å². The number of hydrogen-bond acceptors (Lipinski definition) is 1. The maximum atomic E-state index is 11.2. The van der Waals surface area contributed by atoms with Crippen LogP contribution in [0.3, 0.4) is 0 Å². The first-order chi connectivity index (χ1) is 24.6. The van der Waals surface area contributed by atoms with E-state index in [0.717, 1.165) is 70.3 Å². The quantitative estimate of drug-likeness (QED) is 0.231. The van der Waals surface area contributed by atoms with Crippen LogP contribution in [0, 0.1) is 66.1 Å². The van der Waals surface area contributed by atoms with E-state index in [-0.39, 0.29) is 0 Å². The van der Waals surface area contributed by atoms with Gasteiger partial charge in [0.1, 0.15) is 5.75 Å².